The van der Waals surface area contributed by atoms with Gasteiger partial charge < -0.3 is 14.8 Å². The van der Waals surface area contributed by atoms with Gasteiger partial charge in [-0.1, -0.05) is 19.1 Å². The minimum atomic E-state index is 0.169. The van der Waals surface area contributed by atoms with Crippen LogP contribution in [0, 0.1) is 0 Å². The molecule has 0 aliphatic carbocycles. The van der Waals surface area contributed by atoms with Crippen molar-refractivity contribution < 1.29 is 9.47 Å². The molecule has 0 saturated carbocycles. The lowest BCUT2D eigenvalue weighted by atomic mass is 9.98. The maximum Gasteiger partial charge on any atom is 0.165 e. The second kappa shape index (κ2) is 7.64. The number of benzene rings is 1. The van der Waals surface area contributed by atoms with Crippen LogP contribution in [0.5, 0.6) is 11.5 Å². The lowest BCUT2D eigenvalue weighted by molar-refractivity contribution is 0.346. The van der Waals surface area contributed by atoms with E-state index in [0.717, 1.165) is 30.0 Å². The average Bonchev–Trinajstić information content (AvgIpc) is 2.54. The predicted octanol–water partition coefficient (Wildman–Crippen LogP) is 2.99. The lowest BCUT2D eigenvalue weighted by Gasteiger charge is -2.22. The van der Waals surface area contributed by atoms with Crippen LogP contribution in [0.25, 0.3) is 0 Å². The predicted molar refractivity (Wildman–Crippen MR) is 83.9 cm³/mol. The third-order valence-electron chi connectivity index (χ3n) is 3.45. The van der Waals surface area contributed by atoms with E-state index in [0.29, 0.717) is 0 Å². The molecule has 1 atom stereocenters. The molecule has 1 N–H and O–H groups in total. The maximum atomic E-state index is 5.56. The normalized spacial score (nSPS) is 12.0. The van der Waals surface area contributed by atoms with Crippen LogP contribution in [0.3, 0.4) is 0 Å². The minimum Gasteiger partial charge on any atom is -0.493 e. The fourth-order valence-electron chi connectivity index (χ4n) is 2.48. The van der Waals surface area contributed by atoms with Crippen LogP contribution in [-0.2, 0) is 6.42 Å². The molecule has 2 aromatic rings. The highest BCUT2D eigenvalue weighted by Crippen LogP contribution is 2.35. The van der Waals surface area contributed by atoms with Crippen LogP contribution >= 0.6 is 0 Å². The topological polar surface area (TPSA) is 43.4 Å². The number of para-hydroxylation sites is 1. The highest BCUT2D eigenvalue weighted by Gasteiger charge is 2.18. The van der Waals surface area contributed by atoms with Crippen molar-refractivity contribution in [2.45, 2.75) is 19.4 Å². The first-order valence-electron chi connectivity index (χ1n) is 7.13. The van der Waals surface area contributed by atoms with E-state index in [4.69, 9.17) is 9.47 Å². The first-order valence-corrected chi connectivity index (χ1v) is 7.13. The zero-order valence-corrected chi connectivity index (χ0v) is 12.8. The number of hydrogen-bond donors (Lipinski definition) is 1. The molecular formula is C17H22N2O2. The SMILES string of the molecule is CCNC(Cc1ccncc1)c1cccc(OC)c1OC. The fraction of sp³-hybridized carbons (Fsp3) is 0.353. The zero-order valence-electron chi connectivity index (χ0n) is 12.8. The quantitative estimate of drug-likeness (QED) is 0.849. The monoisotopic (exact) mass is 286 g/mol. The Labute approximate surface area is 126 Å². The Bertz CT molecular complexity index is 558. The van der Waals surface area contributed by atoms with Crippen molar-refractivity contribution in [3.05, 3.63) is 53.9 Å². The Morgan fingerprint density at radius 3 is 2.48 bits per heavy atom. The summed E-state index contributed by atoms with van der Waals surface area (Å²) in [5.41, 5.74) is 2.34. The molecule has 1 aromatic heterocycles. The highest BCUT2D eigenvalue weighted by molar-refractivity contribution is 5.48. The van der Waals surface area contributed by atoms with Crippen molar-refractivity contribution in [3.8, 4) is 11.5 Å². The van der Waals surface area contributed by atoms with Crippen LogP contribution in [0.4, 0.5) is 0 Å². The lowest BCUT2D eigenvalue weighted by Crippen LogP contribution is -2.23. The number of methoxy groups -OCH3 is 2. The van der Waals surface area contributed by atoms with Crippen LogP contribution < -0.4 is 14.8 Å². The first kappa shape index (κ1) is 15.3. The molecule has 0 amide bonds. The van der Waals surface area contributed by atoms with Gasteiger partial charge in [-0.05, 0) is 36.7 Å². The van der Waals surface area contributed by atoms with Crippen molar-refractivity contribution in [2.75, 3.05) is 20.8 Å². The molecule has 112 valence electrons. The van der Waals surface area contributed by atoms with Gasteiger partial charge in [0.05, 0.1) is 14.2 Å². The summed E-state index contributed by atoms with van der Waals surface area (Å²) in [6, 6.07) is 10.2. The molecule has 0 aliphatic rings. The summed E-state index contributed by atoms with van der Waals surface area (Å²) in [5.74, 6) is 1.55. The number of aromatic nitrogens is 1. The summed E-state index contributed by atoms with van der Waals surface area (Å²) in [5, 5.41) is 3.52. The van der Waals surface area contributed by atoms with Crippen LogP contribution in [0.1, 0.15) is 24.1 Å². The van der Waals surface area contributed by atoms with Crippen LogP contribution in [0.15, 0.2) is 42.7 Å². The Balaban J connectivity index is 2.34. The van der Waals surface area contributed by atoms with Gasteiger partial charge in [0.2, 0.25) is 0 Å². The van der Waals surface area contributed by atoms with Crippen molar-refractivity contribution in [1.82, 2.24) is 10.3 Å². The summed E-state index contributed by atoms with van der Waals surface area (Å²) in [6.07, 6.45) is 4.52. The zero-order chi connectivity index (χ0) is 15.1. The van der Waals surface area contributed by atoms with Gasteiger partial charge in [-0.25, -0.2) is 0 Å². The van der Waals surface area contributed by atoms with Crippen molar-refractivity contribution >= 4 is 0 Å². The molecule has 0 bridgehead atoms. The second-order valence-electron chi connectivity index (χ2n) is 4.75. The molecule has 0 radical (unpaired) electrons. The van der Waals surface area contributed by atoms with E-state index < -0.39 is 0 Å². The third kappa shape index (κ3) is 3.73. The Kier molecular flexibility index (Phi) is 5.58. The first-order chi connectivity index (χ1) is 10.3. The van der Waals surface area contributed by atoms with Crippen molar-refractivity contribution in [1.29, 1.82) is 0 Å². The van der Waals surface area contributed by atoms with Crippen LogP contribution in [-0.4, -0.2) is 25.7 Å². The van der Waals surface area contributed by atoms with E-state index in [1.807, 2.05) is 36.7 Å². The Morgan fingerprint density at radius 2 is 1.86 bits per heavy atom. The maximum absolute atomic E-state index is 5.56. The number of hydrogen-bond acceptors (Lipinski definition) is 4. The molecule has 21 heavy (non-hydrogen) atoms. The molecule has 1 aromatic carbocycles. The number of ether oxygens (including phenoxy) is 2. The Hall–Kier alpha value is -2.07. The number of nitrogens with one attached hydrogen (secondary N) is 1. The molecule has 4 heteroatoms. The van der Waals surface area contributed by atoms with Gasteiger partial charge >= 0.3 is 0 Å². The second-order valence-corrected chi connectivity index (χ2v) is 4.75. The molecule has 0 fully saturated rings. The number of likely N-dealkylation sites (N-methyl/N-ethyl adjacent to an activating group) is 1. The van der Waals surface area contributed by atoms with Gasteiger partial charge in [0.25, 0.3) is 0 Å². The Morgan fingerprint density at radius 1 is 1.10 bits per heavy atom. The molecule has 4 nitrogen and oxygen atoms in total. The number of rotatable bonds is 7. The summed E-state index contributed by atoms with van der Waals surface area (Å²) in [7, 11) is 3.34. The van der Waals surface area contributed by atoms with Crippen molar-refractivity contribution in [2.24, 2.45) is 0 Å². The standard InChI is InChI=1S/C17H22N2O2/c1-4-19-15(12-13-8-10-18-11-9-13)14-6-5-7-16(20-2)17(14)21-3/h5-11,15,19H,4,12H2,1-3H3. The van der Waals surface area contributed by atoms with Gasteiger partial charge in [0.1, 0.15) is 0 Å². The summed E-state index contributed by atoms with van der Waals surface area (Å²) >= 11 is 0. The molecular weight excluding hydrogens is 264 g/mol. The van der Waals surface area contributed by atoms with E-state index in [1.54, 1.807) is 14.2 Å². The summed E-state index contributed by atoms with van der Waals surface area (Å²) in [4.78, 5) is 4.07. The molecule has 2 rings (SSSR count). The number of pyridine rings is 1. The highest BCUT2D eigenvalue weighted by atomic mass is 16.5. The minimum absolute atomic E-state index is 0.169. The smallest absolute Gasteiger partial charge is 0.165 e. The molecule has 0 spiro atoms. The molecule has 0 aliphatic heterocycles. The van der Waals surface area contributed by atoms with Gasteiger partial charge in [-0.3, -0.25) is 4.98 Å². The van der Waals surface area contributed by atoms with E-state index in [9.17, 15) is 0 Å². The van der Waals surface area contributed by atoms with E-state index in [-0.39, 0.29) is 6.04 Å². The van der Waals surface area contributed by atoms with Gasteiger partial charge in [0, 0.05) is 24.0 Å². The summed E-state index contributed by atoms with van der Waals surface area (Å²) in [6.45, 7) is 2.99. The average molecular weight is 286 g/mol. The van der Waals surface area contributed by atoms with Gasteiger partial charge in [-0.2, -0.15) is 0 Å². The number of nitrogens with zero attached hydrogens (tertiary/aromatic N) is 1. The third-order valence-corrected chi connectivity index (χ3v) is 3.45. The van der Waals surface area contributed by atoms with Gasteiger partial charge in [0.15, 0.2) is 11.5 Å². The van der Waals surface area contributed by atoms with Crippen LogP contribution in [0.2, 0.25) is 0 Å². The van der Waals surface area contributed by atoms with Gasteiger partial charge in [-0.15, -0.1) is 0 Å². The summed E-state index contributed by atoms with van der Waals surface area (Å²) < 4.78 is 10.9. The van der Waals surface area contributed by atoms with E-state index >= 15 is 0 Å². The fourth-order valence-corrected chi connectivity index (χ4v) is 2.48. The molecule has 1 unspecified atom stereocenters. The molecule has 1 heterocycles. The van der Waals surface area contributed by atoms with E-state index in [2.05, 4.69) is 23.3 Å². The van der Waals surface area contributed by atoms with E-state index in [1.165, 1.54) is 5.56 Å². The molecule has 0 saturated heterocycles. The largest absolute Gasteiger partial charge is 0.493 e. The van der Waals surface area contributed by atoms with Crippen molar-refractivity contribution in [3.63, 3.8) is 0 Å².